The summed E-state index contributed by atoms with van der Waals surface area (Å²) < 4.78 is 48.6. The molecular formula is C19H23F3N2O4. The van der Waals surface area contributed by atoms with E-state index < -0.39 is 17.9 Å². The van der Waals surface area contributed by atoms with Crippen molar-refractivity contribution in [2.75, 3.05) is 19.7 Å². The van der Waals surface area contributed by atoms with Crippen molar-refractivity contribution in [2.24, 2.45) is 0 Å². The van der Waals surface area contributed by atoms with E-state index in [2.05, 4.69) is 5.32 Å². The fraction of sp³-hybridized carbons (Fsp3) is 0.579. The molecule has 2 aliphatic heterocycles. The maximum Gasteiger partial charge on any atom is 0.427 e. The Bertz CT molecular complexity index is 728. The number of nitrogens with zero attached hydrogens (tertiary/aromatic N) is 1. The third kappa shape index (κ3) is 4.51. The molecule has 1 aromatic rings. The number of likely N-dealkylation sites (tertiary alicyclic amines) is 1. The van der Waals surface area contributed by atoms with Crippen LogP contribution in [0.15, 0.2) is 24.3 Å². The molecule has 9 heteroatoms. The van der Waals surface area contributed by atoms with Crippen LogP contribution in [-0.2, 0) is 9.53 Å². The molecule has 154 valence electrons. The fourth-order valence-electron chi connectivity index (χ4n) is 3.09. The monoisotopic (exact) mass is 400 g/mol. The van der Waals surface area contributed by atoms with E-state index in [0.717, 1.165) is 19.4 Å². The van der Waals surface area contributed by atoms with Crippen molar-refractivity contribution in [2.45, 2.75) is 50.4 Å². The van der Waals surface area contributed by atoms with Gasteiger partial charge in [0.1, 0.15) is 12.4 Å². The van der Waals surface area contributed by atoms with Crippen LogP contribution < -0.4 is 10.1 Å². The van der Waals surface area contributed by atoms with Crippen molar-refractivity contribution >= 4 is 12.0 Å². The van der Waals surface area contributed by atoms with E-state index in [1.54, 1.807) is 17.0 Å². The zero-order valence-electron chi connectivity index (χ0n) is 15.7. The first-order chi connectivity index (χ1) is 13.0. The van der Waals surface area contributed by atoms with E-state index >= 15 is 0 Å². The molecule has 0 saturated carbocycles. The van der Waals surface area contributed by atoms with Crippen molar-refractivity contribution in [3.05, 3.63) is 29.8 Å². The Hall–Kier alpha value is -2.45. The highest BCUT2D eigenvalue weighted by Gasteiger charge is 2.49. The molecule has 0 radical (unpaired) electrons. The second kappa shape index (κ2) is 7.52. The normalized spacial score (nSPS) is 20.4. The van der Waals surface area contributed by atoms with Crippen molar-refractivity contribution in [1.82, 2.24) is 10.2 Å². The maximum atomic E-state index is 12.9. The lowest BCUT2D eigenvalue weighted by Gasteiger charge is -2.40. The van der Waals surface area contributed by atoms with Crippen molar-refractivity contribution in [3.63, 3.8) is 0 Å². The van der Waals surface area contributed by atoms with Gasteiger partial charge < -0.3 is 19.7 Å². The van der Waals surface area contributed by atoms with E-state index in [0.29, 0.717) is 25.9 Å². The number of benzene rings is 1. The lowest BCUT2D eigenvalue weighted by Crippen LogP contribution is -2.48. The van der Waals surface area contributed by atoms with Crippen LogP contribution in [0.4, 0.5) is 18.0 Å². The Kier molecular flexibility index (Phi) is 5.45. The molecule has 2 aliphatic rings. The molecule has 1 unspecified atom stereocenters. The molecule has 2 amide bonds. The molecule has 2 heterocycles. The molecule has 0 aromatic heterocycles. The summed E-state index contributed by atoms with van der Waals surface area (Å²) in [5.41, 5.74) is -1.31. The minimum atomic E-state index is -4.46. The number of nitrogens with one attached hydrogen (secondary N) is 1. The highest BCUT2D eigenvalue weighted by Crippen LogP contribution is 2.35. The summed E-state index contributed by atoms with van der Waals surface area (Å²) in [6, 6.07) is 6.40. The number of carbonyl (C=O) groups excluding carboxylic acids is 2. The van der Waals surface area contributed by atoms with E-state index in [4.69, 9.17) is 9.47 Å². The zero-order valence-corrected chi connectivity index (χ0v) is 15.7. The number of alkyl halides is 3. The maximum absolute atomic E-state index is 12.9. The van der Waals surface area contributed by atoms with Gasteiger partial charge in [0.15, 0.2) is 5.60 Å². The van der Waals surface area contributed by atoms with Gasteiger partial charge in [-0.3, -0.25) is 4.79 Å². The molecule has 2 fully saturated rings. The quantitative estimate of drug-likeness (QED) is 0.796. The Balaban J connectivity index is 1.45. The smallest absolute Gasteiger partial charge is 0.427 e. The molecule has 28 heavy (non-hydrogen) atoms. The average Bonchev–Trinajstić information content (AvgIpc) is 2.97. The van der Waals surface area contributed by atoms with Crippen LogP contribution in [0.3, 0.4) is 0 Å². The minimum absolute atomic E-state index is 0.0179. The van der Waals surface area contributed by atoms with Gasteiger partial charge >= 0.3 is 12.3 Å². The molecule has 1 atom stereocenters. The van der Waals surface area contributed by atoms with Crippen LogP contribution in [-0.4, -0.2) is 54.4 Å². The van der Waals surface area contributed by atoms with Gasteiger partial charge in [0.25, 0.3) is 0 Å². The number of hydrogen-bond donors (Lipinski definition) is 1. The number of hydrogen-bond acceptors (Lipinski definition) is 4. The summed E-state index contributed by atoms with van der Waals surface area (Å²) in [4.78, 5) is 24.9. The lowest BCUT2D eigenvalue weighted by atomic mass is 9.91. The topological polar surface area (TPSA) is 67.9 Å². The third-order valence-corrected chi connectivity index (χ3v) is 5.09. The number of halogens is 3. The predicted molar refractivity (Wildman–Crippen MR) is 94.0 cm³/mol. The molecule has 1 N–H and O–H groups in total. The van der Waals surface area contributed by atoms with Crippen LogP contribution in [0.25, 0.3) is 0 Å². The summed E-state index contributed by atoms with van der Waals surface area (Å²) in [5.74, 6) is 0.326. The van der Waals surface area contributed by atoms with Crippen molar-refractivity contribution in [1.29, 1.82) is 0 Å². The van der Waals surface area contributed by atoms with Crippen molar-refractivity contribution in [3.8, 4) is 5.75 Å². The first-order valence-electron chi connectivity index (χ1n) is 9.12. The minimum Gasteiger partial charge on any atom is -0.478 e. The van der Waals surface area contributed by atoms with Gasteiger partial charge in [-0.15, -0.1) is 0 Å². The zero-order chi connectivity index (χ0) is 20.5. The Labute approximate surface area is 161 Å². The highest BCUT2D eigenvalue weighted by molar-refractivity contribution is 5.77. The van der Waals surface area contributed by atoms with Gasteiger partial charge in [0, 0.05) is 25.4 Å². The Morgan fingerprint density at radius 2 is 1.89 bits per heavy atom. The third-order valence-electron chi connectivity index (χ3n) is 5.09. The summed E-state index contributed by atoms with van der Waals surface area (Å²) in [5, 5.41) is 2.64. The van der Waals surface area contributed by atoms with Gasteiger partial charge in [0.2, 0.25) is 5.91 Å². The predicted octanol–water partition coefficient (Wildman–Crippen LogP) is 3.22. The number of rotatable bonds is 6. The van der Waals surface area contributed by atoms with Gasteiger partial charge in [-0.25, -0.2) is 4.79 Å². The summed E-state index contributed by atoms with van der Waals surface area (Å²) >= 11 is 0. The summed E-state index contributed by atoms with van der Waals surface area (Å²) in [7, 11) is 0. The first kappa shape index (κ1) is 20.3. The van der Waals surface area contributed by atoms with E-state index in [9.17, 15) is 22.8 Å². The fourth-order valence-corrected chi connectivity index (χ4v) is 3.09. The van der Waals surface area contributed by atoms with Crippen molar-refractivity contribution < 1.29 is 32.2 Å². The molecule has 1 aromatic carbocycles. The largest absolute Gasteiger partial charge is 0.478 e. The average molecular weight is 400 g/mol. The molecule has 0 bridgehead atoms. The van der Waals surface area contributed by atoms with Gasteiger partial charge in [-0.1, -0.05) is 12.1 Å². The molecular weight excluding hydrogens is 377 g/mol. The molecule has 3 rings (SSSR count). The Morgan fingerprint density at radius 3 is 2.43 bits per heavy atom. The highest BCUT2D eigenvalue weighted by atomic mass is 19.4. The molecule has 2 saturated heterocycles. The number of amides is 2. The standard InChI is InChI=1S/C19H23F3N2O4/c1-18(2,19(20,21)22)28-15-6-3-12(4-7-15)13-9-24(10-13)16(25)8-5-14-11-27-17(26)23-14/h3-4,6-7,13-14H,5,8-11H2,1-2H3,(H,23,26). The number of ether oxygens (including phenoxy) is 2. The lowest BCUT2D eigenvalue weighted by molar-refractivity contribution is -0.234. The van der Waals surface area contributed by atoms with Crippen LogP contribution in [0.1, 0.15) is 38.2 Å². The van der Waals surface area contributed by atoms with E-state index in [-0.39, 0.29) is 30.2 Å². The second-order valence-electron chi connectivity index (χ2n) is 7.65. The SMILES string of the molecule is CC(C)(Oc1ccc(C2CN(C(=O)CCC3COC(=O)N3)C2)cc1)C(F)(F)F. The summed E-state index contributed by atoms with van der Waals surface area (Å²) in [6.45, 7) is 3.40. The van der Waals surface area contributed by atoms with Crippen LogP contribution in [0.2, 0.25) is 0 Å². The van der Waals surface area contributed by atoms with Crippen LogP contribution in [0.5, 0.6) is 5.75 Å². The number of cyclic esters (lactones) is 1. The molecule has 6 nitrogen and oxygen atoms in total. The number of carbonyl (C=O) groups is 2. The first-order valence-corrected chi connectivity index (χ1v) is 9.12. The van der Waals surface area contributed by atoms with Gasteiger partial charge in [-0.2, -0.15) is 13.2 Å². The molecule has 0 spiro atoms. The van der Waals surface area contributed by atoms with E-state index in [1.807, 2.05) is 0 Å². The molecule has 0 aliphatic carbocycles. The van der Waals surface area contributed by atoms with Crippen LogP contribution in [0, 0.1) is 0 Å². The Morgan fingerprint density at radius 1 is 1.25 bits per heavy atom. The van der Waals surface area contributed by atoms with E-state index in [1.165, 1.54) is 12.1 Å². The second-order valence-corrected chi connectivity index (χ2v) is 7.65. The summed E-state index contributed by atoms with van der Waals surface area (Å²) in [6.07, 6.45) is -4.05. The van der Waals surface area contributed by atoms with Crippen LogP contribution >= 0.6 is 0 Å². The van der Waals surface area contributed by atoms with Gasteiger partial charge in [-0.05, 0) is 38.0 Å². The number of alkyl carbamates (subject to hydrolysis) is 1. The van der Waals surface area contributed by atoms with Gasteiger partial charge in [0.05, 0.1) is 6.04 Å².